The third kappa shape index (κ3) is 3.38. The molecule has 5 heteroatoms. The van der Waals surface area contributed by atoms with Crippen LogP contribution in [0.25, 0.3) is 10.9 Å². The van der Waals surface area contributed by atoms with Gasteiger partial charge in [-0.2, -0.15) is 0 Å². The van der Waals surface area contributed by atoms with E-state index in [0.29, 0.717) is 11.3 Å². The van der Waals surface area contributed by atoms with Crippen molar-refractivity contribution in [3.05, 3.63) is 71.2 Å². The number of nitrogens with zero attached hydrogens (tertiary/aromatic N) is 2. The molecular formula is C21H21FN2O2. The molecule has 1 amide bonds. The number of methoxy groups -OCH3 is 1. The number of carbonyl (C=O) groups excluding carboxylic acids is 1. The average Bonchev–Trinajstić information content (AvgIpc) is 2.66. The lowest BCUT2D eigenvalue weighted by molar-refractivity contribution is 0.0741. The van der Waals surface area contributed by atoms with Gasteiger partial charge >= 0.3 is 0 Å². The van der Waals surface area contributed by atoms with Gasteiger partial charge in [-0.1, -0.05) is 12.1 Å². The summed E-state index contributed by atoms with van der Waals surface area (Å²) < 4.78 is 18.4. The first-order valence-corrected chi connectivity index (χ1v) is 8.38. The third-order valence-electron chi connectivity index (χ3n) is 4.70. The van der Waals surface area contributed by atoms with E-state index in [-0.39, 0.29) is 17.8 Å². The van der Waals surface area contributed by atoms with Crippen LogP contribution < -0.4 is 4.74 Å². The zero-order valence-electron chi connectivity index (χ0n) is 15.3. The second-order valence-electron chi connectivity index (χ2n) is 6.32. The fraction of sp³-hybridized carbons (Fsp3) is 0.238. The summed E-state index contributed by atoms with van der Waals surface area (Å²) in [6, 6.07) is 13.4. The zero-order chi connectivity index (χ0) is 18.8. The lowest BCUT2D eigenvalue weighted by Gasteiger charge is -2.26. The van der Waals surface area contributed by atoms with Crippen LogP contribution in [0.3, 0.4) is 0 Å². The minimum Gasteiger partial charge on any atom is -0.497 e. The minimum atomic E-state index is -0.293. The molecule has 3 rings (SSSR count). The van der Waals surface area contributed by atoms with E-state index in [9.17, 15) is 9.18 Å². The maximum Gasteiger partial charge on any atom is 0.255 e. The molecule has 0 saturated carbocycles. The van der Waals surface area contributed by atoms with Crippen LogP contribution in [0.15, 0.2) is 48.5 Å². The predicted molar refractivity (Wildman–Crippen MR) is 99.9 cm³/mol. The first kappa shape index (κ1) is 17.9. The van der Waals surface area contributed by atoms with Gasteiger partial charge in [-0.3, -0.25) is 9.78 Å². The topological polar surface area (TPSA) is 42.4 Å². The number of rotatable bonds is 4. The summed E-state index contributed by atoms with van der Waals surface area (Å²) in [6.07, 6.45) is 0. The molecule has 0 radical (unpaired) electrons. The molecule has 3 aromatic rings. The van der Waals surface area contributed by atoms with E-state index in [1.807, 2.05) is 38.1 Å². The molecule has 26 heavy (non-hydrogen) atoms. The van der Waals surface area contributed by atoms with Crippen LogP contribution in [0.1, 0.15) is 34.6 Å². The second kappa shape index (κ2) is 7.12. The van der Waals surface area contributed by atoms with E-state index in [1.165, 1.54) is 12.1 Å². The van der Waals surface area contributed by atoms with E-state index in [0.717, 1.165) is 22.2 Å². The third-order valence-corrected chi connectivity index (χ3v) is 4.70. The summed E-state index contributed by atoms with van der Waals surface area (Å²) in [5.74, 6) is 0.296. The summed E-state index contributed by atoms with van der Waals surface area (Å²) in [7, 11) is 3.35. The number of pyridine rings is 1. The van der Waals surface area contributed by atoms with Crippen LogP contribution in [0.5, 0.6) is 5.75 Å². The molecule has 0 spiro atoms. The van der Waals surface area contributed by atoms with Gasteiger partial charge in [-0.05, 0) is 55.8 Å². The highest BCUT2D eigenvalue weighted by molar-refractivity contribution is 5.98. The summed E-state index contributed by atoms with van der Waals surface area (Å²) in [4.78, 5) is 19.2. The lowest BCUT2D eigenvalue weighted by Crippen LogP contribution is -2.30. The maximum atomic E-state index is 13.1. The molecule has 1 aromatic heterocycles. The van der Waals surface area contributed by atoms with Crippen LogP contribution in [-0.4, -0.2) is 29.9 Å². The number of hydrogen-bond donors (Lipinski definition) is 0. The molecule has 0 N–H and O–H groups in total. The second-order valence-corrected chi connectivity index (χ2v) is 6.32. The van der Waals surface area contributed by atoms with E-state index in [1.54, 1.807) is 31.2 Å². The van der Waals surface area contributed by atoms with E-state index in [4.69, 9.17) is 4.74 Å². The van der Waals surface area contributed by atoms with Crippen LogP contribution in [0.4, 0.5) is 4.39 Å². The Morgan fingerprint density at radius 1 is 1.15 bits per heavy atom. The van der Waals surface area contributed by atoms with Crippen LogP contribution >= 0.6 is 0 Å². The van der Waals surface area contributed by atoms with Crippen molar-refractivity contribution < 1.29 is 13.9 Å². The standard InChI is InChI=1S/C21H21FN2O2/c1-13-19(12-16-11-18(26-4)9-10-20(16)23-13)21(25)24(3)14(2)15-5-7-17(22)8-6-15/h5-12,14H,1-4H3. The van der Waals surface area contributed by atoms with Gasteiger partial charge in [-0.15, -0.1) is 0 Å². The van der Waals surface area contributed by atoms with Crippen LogP contribution in [0, 0.1) is 12.7 Å². The van der Waals surface area contributed by atoms with Crippen molar-refractivity contribution in [1.29, 1.82) is 0 Å². The molecule has 2 aromatic carbocycles. The number of benzene rings is 2. The first-order valence-electron chi connectivity index (χ1n) is 8.38. The number of aryl methyl sites for hydroxylation is 1. The quantitative estimate of drug-likeness (QED) is 0.693. The van der Waals surface area contributed by atoms with Crippen molar-refractivity contribution in [2.24, 2.45) is 0 Å². The fourth-order valence-electron chi connectivity index (χ4n) is 2.93. The lowest BCUT2D eigenvalue weighted by atomic mass is 10.0. The number of aromatic nitrogens is 1. The molecular weight excluding hydrogens is 331 g/mol. The van der Waals surface area contributed by atoms with Crippen molar-refractivity contribution in [2.45, 2.75) is 19.9 Å². The van der Waals surface area contributed by atoms with Crippen LogP contribution in [0.2, 0.25) is 0 Å². The minimum absolute atomic E-state index is 0.128. The monoisotopic (exact) mass is 352 g/mol. The van der Waals surface area contributed by atoms with E-state index >= 15 is 0 Å². The van der Waals surface area contributed by atoms with Gasteiger partial charge in [0.25, 0.3) is 5.91 Å². The first-order chi connectivity index (χ1) is 12.4. The van der Waals surface area contributed by atoms with Gasteiger partial charge in [-0.25, -0.2) is 4.39 Å². The number of hydrogen-bond acceptors (Lipinski definition) is 3. The van der Waals surface area contributed by atoms with Crippen molar-refractivity contribution in [3.63, 3.8) is 0 Å². The molecule has 0 saturated heterocycles. The largest absolute Gasteiger partial charge is 0.497 e. The molecule has 1 heterocycles. The highest BCUT2D eigenvalue weighted by Gasteiger charge is 2.21. The smallest absolute Gasteiger partial charge is 0.255 e. The van der Waals surface area contributed by atoms with Crippen molar-refractivity contribution in [2.75, 3.05) is 14.2 Å². The number of halogens is 1. The molecule has 0 aliphatic carbocycles. The fourth-order valence-corrected chi connectivity index (χ4v) is 2.93. The molecule has 4 nitrogen and oxygen atoms in total. The van der Waals surface area contributed by atoms with E-state index < -0.39 is 0 Å². The van der Waals surface area contributed by atoms with Gasteiger partial charge in [0, 0.05) is 12.4 Å². The molecule has 0 bridgehead atoms. The Labute approximate surface area is 152 Å². The molecule has 0 aliphatic heterocycles. The van der Waals surface area contributed by atoms with Gasteiger partial charge in [0.2, 0.25) is 0 Å². The highest BCUT2D eigenvalue weighted by Crippen LogP contribution is 2.25. The Morgan fingerprint density at radius 2 is 1.85 bits per heavy atom. The molecule has 0 fully saturated rings. The average molecular weight is 352 g/mol. The number of amides is 1. The van der Waals surface area contributed by atoms with Gasteiger partial charge < -0.3 is 9.64 Å². The van der Waals surface area contributed by atoms with Crippen molar-refractivity contribution >= 4 is 16.8 Å². The predicted octanol–water partition coefficient (Wildman–Crippen LogP) is 4.52. The molecule has 1 atom stereocenters. The number of carbonyl (C=O) groups is 1. The van der Waals surface area contributed by atoms with Crippen LogP contribution in [-0.2, 0) is 0 Å². The summed E-state index contributed by atoms with van der Waals surface area (Å²) in [5.41, 5.74) is 2.90. The maximum absolute atomic E-state index is 13.1. The van der Waals surface area contributed by atoms with E-state index in [2.05, 4.69) is 4.98 Å². The summed E-state index contributed by atoms with van der Waals surface area (Å²) >= 11 is 0. The number of fused-ring (bicyclic) bond motifs is 1. The normalized spacial score (nSPS) is 12.0. The Balaban J connectivity index is 1.95. The molecule has 0 aliphatic rings. The molecule has 1 unspecified atom stereocenters. The zero-order valence-corrected chi connectivity index (χ0v) is 15.3. The Bertz CT molecular complexity index is 954. The molecule has 134 valence electrons. The summed E-state index contributed by atoms with van der Waals surface area (Å²) in [5, 5.41) is 0.848. The Kier molecular flexibility index (Phi) is 4.89. The highest BCUT2D eigenvalue weighted by atomic mass is 19.1. The van der Waals surface area contributed by atoms with Gasteiger partial charge in [0.15, 0.2) is 0 Å². The van der Waals surface area contributed by atoms with Crippen molar-refractivity contribution in [3.8, 4) is 5.75 Å². The Hall–Kier alpha value is -2.95. The van der Waals surface area contributed by atoms with Gasteiger partial charge in [0.05, 0.1) is 29.9 Å². The summed E-state index contributed by atoms with van der Waals surface area (Å²) in [6.45, 7) is 3.74. The van der Waals surface area contributed by atoms with Gasteiger partial charge in [0.1, 0.15) is 11.6 Å². The SMILES string of the molecule is COc1ccc2nc(C)c(C(=O)N(C)C(C)c3ccc(F)cc3)cc2c1. The van der Waals surface area contributed by atoms with Crippen molar-refractivity contribution in [1.82, 2.24) is 9.88 Å². The Morgan fingerprint density at radius 3 is 2.50 bits per heavy atom. The number of ether oxygens (including phenoxy) is 1.